The van der Waals surface area contributed by atoms with Gasteiger partial charge in [0, 0.05) is 13.1 Å². The first-order valence-corrected chi connectivity index (χ1v) is 6.90. The lowest BCUT2D eigenvalue weighted by Gasteiger charge is -2.07. The second kappa shape index (κ2) is 9.72. The van der Waals surface area contributed by atoms with Crippen LogP contribution >= 0.6 is 0 Å². The molecule has 0 aromatic heterocycles. The minimum atomic E-state index is 0.827. The first-order valence-electron chi connectivity index (χ1n) is 6.90. The summed E-state index contributed by atoms with van der Waals surface area (Å²) in [6.07, 6.45) is 6.86. The molecule has 1 aromatic carbocycles. The van der Waals surface area contributed by atoms with E-state index < -0.39 is 0 Å². The molecule has 0 heterocycles. The van der Waals surface area contributed by atoms with Crippen molar-refractivity contribution in [3.63, 3.8) is 0 Å². The van der Waals surface area contributed by atoms with Crippen LogP contribution in [0.25, 0.3) is 0 Å². The first kappa shape index (κ1) is 14.8. The van der Waals surface area contributed by atoms with Crippen molar-refractivity contribution < 1.29 is 4.74 Å². The number of unbranched alkanes of at least 4 members (excludes halogenated alkanes) is 3. The molecule has 0 unspecified atom stereocenters. The molecule has 2 nitrogen and oxygen atoms in total. The molecule has 0 fully saturated rings. The molecule has 1 rings (SSSR count). The van der Waals surface area contributed by atoms with Gasteiger partial charge in [0.05, 0.1) is 6.61 Å². The fraction of sp³-hybridized carbons (Fsp3) is 0.500. The van der Waals surface area contributed by atoms with E-state index in [9.17, 15) is 0 Å². The van der Waals surface area contributed by atoms with Crippen molar-refractivity contribution in [2.45, 2.75) is 39.2 Å². The van der Waals surface area contributed by atoms with E-state index in [1.165, 1.54) is 24.8 Å². The molecule has 18 heavy (non-hydrogen) atoms. The van der Waals surface area contributed by atoms with Gasteiger partial charge < -0.3 is 10.1 Å². The molecular weight excluding hydrogens is 222 g/mol. The van der Waals surface area contributed by atoms with E-state index in [4.69, 9.17) is 4.74 Å². The summed E-state index contributed by atoms with van der Waals surface area (Å²) in [5, 5.41) is 3.28. The van der Waals surface area contributed by atoms with Crippen LogP contribution in [-0.4, -0.2) is 13.2 Å². The zero-order valence-electron chi connectivity index (χ0n) is 11.5. The van der Waals surface area contributed by atoms with Crippen molar-refractivity contribution in [3.8, 4) is 5.75 Å². The van der Waals surface area contributed by atoms with Crippen molar-refractivity contribution in [1.82, 2.24) is 5.32 Å². The van der Waals surface area contributed by atoms with Crippen LogP contribution in [0.3, 0.4) is 0 Å². The van der Waals surface area contributed by atoms with E-state index in [1.807, 2.05) is 18.2 Å². The van der Waals surface area contributed by atoms with Gasteiger partial charge in [-0.1, -0.05) is 44.4 Å². The van der Waals surface area contributed by atoms with Crippen LogP contribution < -0.4 is 10.1 Å². The fourth-order valence-corrected chi connectivity index (χ4v) is 1.74. The summed E-state index contributed by atoms with van der Waals surface area (Å²) in [4.78, 5) is 0. The first-order chi connectivity index (χ1) is 8.86. The Hall–Kier alpha value is -1.28. The number of hydrogen-bond acceptors (Lipinski definition) is 2. The normalized spacial score (nSPS) is 10.3. The largest absolute Gasteiger partial charge is 0.494 e. The second-order valence-corrected chi connectivity index (χ2v) is 4.47. The summed E-state index contributed by atoms with van der Waals surface area (Å²) in [6, 6.07) is 8.31. The highest BCUT2D eigenvalue weighted by Crippen LogP contribution is 2.13. The predicted octanol–water partition coefficient (Wildman–Crippen LogP) is 3.92. The molecule has 0 radical (unpaired) electrons. The van der Waals surface area contributed by atoms with Crippen LogP contribution in [0.4, 0.5) is 0 Å². The third kappa shape index (κ3) is 6.45. The van der Waals surface area contributed by atoms with Crippen molar-refractivity contribution >= 4 is 0 Å². The average molecular weight is 247 g/mol. The van der Waals surface area contributed by atoms with E-state index in [1.54, 1.807) is 0 Å². The van der Waals surface area contributed by atoms with E-state index in [2.05, 4.69) is 31.0 Å². The van der Waals surface area contributed by atoms with Crippen LogP contribution in [0.1, 0.15) is 38.2 Å². The van der Waals surface area contributed by atoms with E-state index in [-0.39, 0.29) is 0 Å². The third-order valence-corrected chi connectivity index (χ3v) is 2.81. The lowest BCUT2D eigenvalue weighted by Crippen LogP contribution is -2.12. The molecule has 2 heteroatoms. The number of benzene rings is 1. The molecule has 0 bridgehead atoms. The summed E-state index contributed by atoms with van der Waals surface area (Å²) in [7, 11) is 0. The molecule has 0 atom stereocenters. The Bertz CT molecular complexity index is 318. The van der Waals surface area contributed by atoms with Crippen LogP contribution in [0.5, 0.6) is 5.75 Å². The molecule has 1 N–H and O–H groups in total. The number of hydrogen-bond donors (Lipinski definition) is 1. The highest BCUT2D eigenvalue weighted by Gasteiger charge is 1.95. The van der Waals surface area contributed by atoms with Crippen molar-refractivity contribution in [2.75, 3.05) is 13.2 Å². The van der Waals surface area contributed by atoms with Gasteiger partial charge in [-0.05, 0) is 24.1 Å². The molecule has 0 saturated heterocycles. The molecule has 100 valence electrons. The Morgan fingerprint density at radius 1 is 1.17 bits per heavy atom. The van der Waals surface area contributed by atoms with Gasteiger partial charge in [-0.2, -0.15) is 0 Å². The fourth-order valence-electron chi connectivity index (χ4n) is 1.74. The molecule has 0 aliphatic rings. The minimum Gasteiger partial charge on any atom is -0.494 e. The zero-order valence-corrected chi connectivity index (χ0v) is 11.5. The zero-order chi connectivity index (χ0) is 13.1. The van der Waals surface area contributed by atoms with Crippen molar-refractivity contribution in [1.29, 1.82) is 0 Å². The average Bonchev–Trinajstić information content (AvgIpc) is 2.40. The smallest absolute Gasteiger partial charge is 0.119 e. The monoisotopic (exact) mass is 247 g/mol. The lowest BCUT2D eigenvalue weighted by atomic mass is 10.2. The Morgan fingerprint density at radius 3 is 2.61 bits per heavy atom. The Balaban J connectivity index is 2.20. The van der Waals surface area contributed by atoms with Gasteiger partial charge >= 0.3 is 0 Å². The summed E-state index contributed by atoms with van der Waals surface area (Å²) in [5.74, 6) is 0.971. The molecular formula is C16H25NO. The highest BCUT2D eigenvalue weighted by molar-refractivity contribution is 5.27. The SMILES string of the molecule is C=CCNCc1ccc(OCCCCCC)cc1. The maximum atomic E-state index is 5.70. The Labute approximate surface area is 111 Å². The van der Waals surface area contributed by atoms with E-state index >= 15 is 0 Å². The van der Waals surface area contributed by atoms with E-state index in [0.29, 0.717) is 0 Å². The van der Waals surface area contributed by atoms with Gasteiger partial charge in [-0.25, -0.2) is 0 Å². The number of ether oxygens (including phenoxy) is 1. The number of nitrogens with one attached hydrogen (secondary N) is 1. The summed E-state index contributed by atoms with van der Waals surface area (Å²) in [6.45, 7) is 8.45. The van der Waals surface area contributed by atoms with Crippen LogP contribution in [0.15, 0.2) is 36.9 Å². The maximum Gasteiger partial charge on any atom is 0.119 e. The lowest BCUT2D eigenvalue weighted by molar-refractivity contribution is 0.305. The van der Waals surface area contributed by atoms with Gasteiger partial charge in [-0.3, -0.25) is 0 Å². The quantitative estimate of drug-likeness (QED) is 0.500. The van der Waals surface area contributed by atoms with Gasteiger partial charge in [0.2, 0.25) is 0 Å². The molecule has 0 saturated carbocycles. The topological polar surface area (TPSA) is 21.3 Å². The predicted molar refractivity (Wildman–Crippen MR) is 78.0 cm³/mol. The van der Waals surface area contributed by atoms with Crippen molar-refractivity contribution in [3.05, 3.63) is 42.5 Å². The van der Waals surface area contributed by atoms with Crippen LogP contribution in [-0.2, 0) is 6.54 Å². The molecule has 0 aliphatic carbocycles. The molecule has 0 amide bonds. The van der Waals surface area contributed by atoms with Crippen molar-refractivity contribution in [2.24, 2.45) is 0 Å². The second-order valence-electron chi connectivity index (χ2n) is 4.47. The maximum absolute atomic E-state index is 5.70. The third-order valence-electron chi connectivity index (χ3n) is 2.81. The molecule has 0 aliphatic heterocycles. The minimum absolute atomic E-state index is 0.827. The number of rotatable bonds is 10. The van der Waals surface area contributed by atoms with Crippen LogP contribution in [0, 0.1) is 0 Å². The molecule has 1 aromatic rings. The Kier molecular flexibility index (Phi) is 7.98. The summed E-state index contributed by atoms with van der Waals surface area (Å²) < 4.78 is 5.70. The van der Waals surface area contributed by atoms with Crippen LogP contribution in [0.2, 0.25) is 0 Å². The van der Waals surface area contributed by atoms with Gasteiger partial charge in [-0.15, -0.1) is 6.58 Å². The Morgan fingerprint density at radius 2 is 1.94 bits per heavy atom. The highest BCUT2D eigenvalue weighted by atomic mass is 16.5. The van der Waals surface area contributed by atoms with Gasteiger partial charge in [0.25, 0.3) is 0 Å². The van der Waals surface area contributed by atoms with Gasteiger partial charge in [0.15, 0.2) is 0 Å². The summed E-state index contributed by atoms with van der Waals surface area (Å²) >= 11 is 0. The standard InChI is InChI=1S/C16H25NO/c1-3-5-6-7-13-18-16-10-8-15(9-11-16)14-17-12-4-2/h4,8-11,17H,2-3,5-7,12-14H2,1H3. The molecule has 0 spiro atoms. The van der Waals surface area contributed by atoms with E-state index in [0.717, 1.165) is 31.9 Å². The summed E-state index contributed by atoms with van der Waals surface area (Å²) in [5.41, 5.74) is 1.27. The van der Waals surface area contributed by atoms with Gasteiger partial charge in [0.1, 0.15) is 5.75 Å².